The standard InChI is InChI=1S/C21H22FNO4/c1-25-17-7-4-14(12-16(17)22)5-9-20(24)23-15-6-8-18-19(13-15)27-21(26-18)10-2-3-11-21/h4,6-8,12-13H,2-3,5,9-11H2,1H3,(H,23,24). The Bertz CT molecular complexity index is 861. The molecule has 5 nitrogen and oxygen atoms in total. The molecule has 0 aromatic heterocycles. The molecule has 1 saturated carbocycles. The monoisotopic (exact) mass is 371 g/mol. The van der Waals surface area contributed by atoms with E-state index in [1.807, 2.05) is 6.07 Å². The van der Waals surface area contributed by atoms with Crippen LogP contribution in [0.3, 0.4) is 0 Å². The van der Waals surface area contributed by atoms with Gasteiger partial charge in [0.15, 0.2) is 23.1 Å². The Labute approximate surface area is 157 Å². The number of aryl methyl sites for hydroxylation is 1. The molecule has 1 amide bonds. The molecule has 0 radical (unpaired) electrons. The van der Waals surface area contributed by atoms with Gasteiger partial charge in [0.1, 0.15) is 0 Å². The molecule has 2 aromatic rings. The summed E-state index contributed by atoms with van der Waals surface area (Å²) in [4.78, 5) is 12.2. The van der Waals surface area contributed by atoms with Crippen molar-refractivity contribution in [3.63, 3.8) is 0 Å². The summed E-state index contributed by atoms with van der Waals surface area (Å²) in [6, 6.07) is 10.2. The number of nitrogens with one attached hydrogen (secondary N) is 1. The van der Waals surface area contributed by atoms with E-state index in [0.717, 1.165) is 37.0 Å². The van der Waals surface area contributed by atoms with Crippen LogP contribution in [0.25, 0.3) is 0 Å². The van der Waals surface area contributed by atoms with Crippen LogP contribution in [0.15, 0.2) is 36.4 Å². The van der Waals surface area contributed by atoms with Crippen LogP contribution in [0.5, 0.6) is 17.2 Å². The summed E-state index contributed by atoms with van der Waals surface area (Å²) in [6.07, 6.45) is 4.68. The molecular weight excluding hydrogens is 349 g/mol. The summed E-state index contributed by atoms with van der Waals surface area (Å²) in [7, 11) is 1.42. The van der Waals surface area contributed by atoms with E-state index in [9.17, 15) is 9.18 Å². The van der Waals surface area contributed by atoms with Gasteiger partial charge in [-0.15, -0.1) is 0 Å². The van der Waals surface area contributed by atoms with Gasteiger partial charge in [-0.2, -0.15) is 0 Å². The number of anilines is 1. The molecule has 2 aliphatic rings. The summed E-state index contributed by atoms with van der Waals surface area (Å²) in [5.41, 5.74) is 1.41. The van der Waals surface area contributed by atoms with Crippen LogP contribution < -0.4 is 19.5 Å². The van der Waals surface area contributed by atoms with Crippen molar-refractivity contribution in [2.24, 2.45) is 0 Å². The molecule has 0 unspecified atom stereocenters. The number of hydrogen-bond acceptors (Lipinski definition) is 4. The third-order valence-corrected chi connectivity index (χ3v) is 5.04. The van der Waals surface area contributed by atoms with E-state index in [0.29, 0.717) is 17.9 Å². The average molecular weight is 371 g/mol. The number of methoxy groups -OCH3 is 1. The van der Waals surface area contributed by atoms with Crippen molar-refractivity contribution in [1.29, 1.82) is 0 Å². The summed E-state index contributed by atoms with van der Waals surface area (Å²) < 4.78 is 30.6. The molecule has 1 N–H and O–H groups in total. The van der Waals surface area contributed by atoms with Crippen molar-refractivity contribution in [1.82, 2.24) is 0 Å². The Morgan fingerprint density at radius 3 is 2.67 bits per heavy atom. The predicted octanol–water partition coefficient (Wildman–Crippen LogP) is 4.45. The van der Waals surface area contributed by atoms with Gasteiger partial charge in [0.25, 0.3) is 5.79 Å². The zero-order valence-electron chi connectivity index (χ0n) is 15.2. The number of amides is 1. The van der Waals surface area contributed by atoms with E-state index in [1.165, 1.54) is 13.2 Å². The number of carbonyl (C=O) groups is 1. The number of halogens is 1. The van der Waals surface area contributed by atoms with E-state index < -0.39 is 11.6 Å². The smallest absolute Gasteiger partial charge is 0.251 e. The lowest BCUT2D eigenvalue weighted by Crippen LogP contribution is -2.34. The molecule has 0 bridgehead atoms. The van der Waals surface area contributed by atoms with Crippen LogP contribution in [0.4, 0.5) is 10.1 Å². The number of benzene rings is 2. The molecule has 1 aliphatic heterocycles. The zero-order valence-corrected chi connectivity index (χ0v) is 15.2. The summed E-state index contributed by atoms with van der Waals surface area (Å²) in [6.45, 7) is 0. The third-order valence-electron chi connectivity index (χ3n) is 5.04. The molecule has 0 saturated heterocycles. The normalized spacial score (nSPS) is 16.5. The summed E-state index contributed by atoms with van der Waals surface area (Å²) in [5.74, 6) is 0.524. The van der Waals surface area contributed by atoms with Gasteiger partial charge in [0, 0.05) is 31.0 Å². The summed E-state index contributed by atoms with van der Waals surface area (Å²) in [5, 5.41) is 2.87. The Kier molecular flexibility index (Phi) is 4.64. The lowest BCUT2D eigenvalue weighted by molar-refractivity contribution is -0.116. The molecule has 6 heteroatoms. The Morgan fingerprint density at radius 1 is 1.15 bits per heavy atom. The summed E-state index contributed by atoms with van der Waals surface area (Å²) >= 11 is 0. The van der Waals surface area contributed by atoms with E-state index in [2.05, 4.69) is 5.32 Å². The highest BCUT2D eigenvalue weighted by Gasteiger charge is 2.44. The van der Waals surface area contributed by atoms with Crippen molar-refractivity contribution in [3.8, 4) is 17.2 Å². The van der Waals surface area contributed by atoms with E-state index >= 15 is 0 Å². The number of carbonyl (C=O) groups excluding carboxylic acids is 1. The number of rotatable bonds is 5. The van der Waals surface area contributed by atoms with Crippen molar-refractivity contribution >= 4 is 11.6 Å². The van der Waals surface area contributed by atoms with Gasteiger partial charge >= 0.3 is 0 Å². The lowest BCUT2D eigenvalue weighted by atomic mass is 10.1. The highest BCUT2D eigenvalue weighted by molar-refractivity contribution is 5.91. The van der Waals surface area contributed by atoms with Gasteiger partial charge in [0.2, 0.25) is 5.91 Å². The minimum atomic E-state index is -0.511. The molecule has 27 heavy (non-hydrogen) atoms. The second-order valence-electron chi connectivity index (χ2n) is 7.00. The predicted molar refractivity (Wildman–Crippen MR) is 98.8 cm³/mol. The van der Waals surface area contributed by atoms with E-state index in [4.69, 9.17) is 14.2 Å². The lowest BCUT2D eigenvalue weighted by Gasteiger charge is -2.21. The first kappa shape index (κ1) is 17.6. The van der Waals surface area contributed by atoms with Gasteiger partial charge in [-0.3, -0.25) is 4.79 Å². The quantitative estimate of drug-likeness (QED) is 0.844. The van der Waals surface area contributed by atoms with E-state index in [-0.39, 0.29) is 18.1 Å². The fraction of sp³-hybridized carbons (Fsp3) is 0.381. The molecule has 1 heterocycles. The van der Waals surface area contributed by atoms with Crippen molar-refractivity contribution < 1.29 is 23.4 Å². The second kappa shape index (κ2) is 7.10. The van der Waals surface area contributed by atoms with Crippen LogP contribution in [0, 0.1) is 5.82 Å². The van der Waals surface area contributed by atoms with Crippen LogP contribution in [-0.4, -0.2) is 18.8 Å². The molecule has 4 rings (SSSR count). The molecule has 1 spiro atoms. The van der Waals surface area contributed by atoms with Crippen LogP contribution in [0.1, 0.15) is 37.7 Å². The Balaban J connectivity index is 1.35. The number of hydrogen-bond donors (Lipinski definition) is 1. The largest absolute Gasteiger partial charge is 0.494 e. The zero-order chi connectivity index (χ0) is 18.9. The SMILES string of the molecule is COc1ccc(CCC(=O)Nc2ccc3c(c2)OC2(CCCC2)O3)cc1F. The molecular formula is C21H22FNO4. The molecule has 2 aromatic carbocycles. The van der Waals surface area contributed by atoms with Crippen LogP contribution >= 0.6 is 0 Å². The van der Waals surface area contributed by atoms with Gasteiger partial charge in [-0.1, -0.05) is 6.07 Å². The van der Waals surface area contributed by atoms with Crippen molar-refractivity contribution in [2.45, 2.75) is 44.3 Å². The van der Waals surface area contributed by atoms with Gasteiger partial charge in [-0.25, -0.2) is 4.39 Å². The number of ether oxygens (including phenoxy) is 3. The maximum absolute atomic E-state index is 13.7. The average Bonchev–Trinajstić information content (AvgIpc) is 3.25. The minimum Gasteiger partial charge on any atom is -0.494 e. The van der Waals surface area contributed by atoms with E-state index in [1.54, 1.807) is 24.3 Å². The number of fused-ring (bicyclic) bond motifs is 1. The van der Waals surface area contributed by atoms with Crippen LogP contribution in [-0.2, 0) is 11.2 Å². The first-order chi connectivity index (χ1) is 13.1. The van der Waals surface area contributed by atoms with Crippen LogP contribution in [0.2, 0.25) is 0 Å². The Hall–Kier alpha value is -2.76. The second-order valence-corrected chi connectivity index (χ2v) is 7.00. The highest BCUT2D eigenvalue weighted by atomic mass is 19.1. The van der Waals surface area contributed by atoms with Gasteiger partial charge < -0.3 is 19.5 Å². The highest BCUT2D eigenvalue weighted by Crippen LogP contribution is 2.47. The van der Waals surface area contributed by atoms with Crippen molar-refractivity contribution in [3.05, 3.63) is 47.8 Å². The topological polar surface area (TPSA) is 56.8 Å². The van der Waals surface area contributed by atoms with Gasteiger partial charge in [0.05, 0.1) is 7.11 Å². The first-order valence-corrected chi connectivity index (χ1v) is 9.21. The maximum atomic E-state index is 13.7. The fourth-order valence-electron chi connectivity index (χ4n) is 3.64. The molecule has 1 fully saturated rings. The molecule has 1 aliphatic carbocycles. The minimum absolute atomic E-state index is 0.138. The Morgan fingerprint density at radius 2 is 1.93 bits per heavy atom. The maximum Gasteiger partial charge on any atom is 0.251 e. The van der Waals surface area contributed by atoms with Gasteiger partial charge in [-0.05, 0) is 49.1 Å². The third kappa shape index (κ3) is 3.70. The molecule has 0 atom stereocenters. The van der Waals surface area contributed by atoms with Crippen molar-refractivity contribution in [2.75, 3.05) is 12.4 Å². The molecule has 142 valence electrons. The fourth-order valence-corrected chi connectivity index (χ4v) is 3.64. The first-order valence-electron chi connectivity index (χ1n) is 9.21.